The van der Waals surface area contributed by atoms with E-state index in [1.54, 1.807) is 61.3 Å². The van der Waals surface area contributed by atoms with Gasteiger partial charge in [-0.25, -0.2) is 8.42 Å². The quantitative estimate of drug-likeness (QED) is 0.311. The van der Waals surface area contributed by atoms with Crippen molar-refractivity contribution in [3.63, 3.8) is 0 Å². The number of sulfonamides is 1. The van der Waals surface area contributed by atoms with Crippen LogP contribution in [0.3, 0.4) is 0 Å². The van der Waals surface area contributed by atoms with Crippen LogP contribution < -0.4 is 0 Å². The van der Waals surface area contributed by atoms with E-state index in [2.05, 4.69) is 22.3 Å². The van der Waals surface area contributed by atoms with E-state index < -0.39 is 15.6 Å². The maximum atomic E-state index is 13.3. The van der Waals surface area contributed by atoms with Gasteiger partial charge in [0.1, 0.15) is 22.9 Å². The van der Waals surface area contributed by atoms with Crippen molar-refractivity contribution in [1.82, 2.24) is 14.1 Å². The molecular weight excluding hydrogens is 490 g/mol. The number of hydrogen-bond acceptors (Lipinski definition) is 7. The summed E-state index contributed by atoms with van der Waals surface area (Å²) in [5.74, 6) is -0.0593. The van der Waals surface area contributed by atoms with E-state index in [1.165, 1.54) is 10.4 Å². The van der Waals surface area contributed by atoms with Crippen molar-refractivity contribution in [2.75, 3.05) is 13.1 Å². The Bertz CT molecular complexity index is 1500. The standard InChI is InChI=1S/C27H33N5O4S/c1-5-12-27(15-19(4)13-21(33)16-27)32-18-20(17-28-32)29-30-26-23-11-9-8-10-22(23)25(14-24(26)34)37(35,36)31(6-2)7-3/h8-11,13-14,16-18,33-34H,5-7,12,15H2,1-4H3. The highest BCUT2D eigenvalue weighted by molar-refractivity contribution is 7.89. The van der Waals surface area contributed by atoms with Crippen LogP contribution in [0.5, 0.6) is 5.75 Å². The first-order valence-corrected chi connectivity index (χ1v) is 13.9. The summed E-state index contributed by atoms with van der Waals surface area (Å²) in [5.41, 5.74) is 1.21. The number of aliphatic hydroxyl groups excluding tert-OH is 1. The second kappa shape index (κ2) is 10.5. The highest BCUT2D eigenvalue weighted by atomic mass is 32.2. The van der Waals surface area contributed by atoms with E-state index in [-0.39, 0.29) is 22.1 Å². The number of rotatable bonds is 9. The molecule has 1 aromatic heterocycles. The van der Waals surface area contributed by atoms with Crippen LogP contribution in [0.25, 0.3) is 10.8 Å². The van der Waals surface area contributed by atoms with Gasteiger partial charge in [-0.1, -0.05) is 57.0 Å². The number of allylic oxidation sites excluding steroid dienone is 3. The molecule has 0 saturated heterocycles. The molecule has 0 amide bonds. The first kappa shape index (κ1) is 26.6. The topological polar surface area (TPSA) is 120 Å². The third-order valence-corrected chi connectivity index (χ3v) is 8.74. The van der Waals surface area contributed by atoms with E-state index in [0.29, 0.717) is 29.5 Å². The highest BCUT2D eigenvalue weighted by Crippen LogP contribution is 2.41. The van der Waals surface area contributed by atoms with Crippen LogP contribution in [-0.4, -0.2) is 45.8 Å². The van der Waals surface area contributed by atoms with E-state index in [0.717, 1.165) is 24.8 Å². The number of benzene rings is 2. The van der Waals surface area contributed by atoms with Crippen molar-refractivity contribution >= 4 is 32.2 Å². The molecule has 9 nitrogen and oxygen atoms in total. The number of phenolic OH excluding ortho intramolecular Hbond substituents is 1. The summed E-state index contributed by atoms with van der Waals surface area (Å²) < 4.78 is 29.7. The molecule has 2 N–H and O–H groups in total. The second-order valence-electron chi connectivity index (χ2n) is 9.31. The Morgan fingerprint density at radius 2 is 1.81 bits per heavy atom. The van der Waals surface area contributed by atoms with Gasteiger partial charge in [0, 0.05) is 29.9 Å². The number of aromatic nitrogens is 2. The minimum atomic E-state index is -3.81. The van der Waals surface area contributed by atoms with Crippen LogP contribution >= 0.6 is 0 Å². The van der Waals surface area contributed by atoms with Gasteiger partial charge in [-0.3, -0.25) is 4.68 Å². The number of nitrogens with zero attached hydrogens (tertiary/aromatic N) is 5. The van der Waals surface area contributed by atoms with Crippen molar-refractivity contribution in [2.24, 2.45) is 10.2 Å². The lowest BCUT2D eigenvalue weighted by Gasteiger charge is -2.34. The zero-order chi connectivity index (χ0) is 26.8. The van der Waals surface area contributed by atoms with Gasteiger partial charge >= 0.3 is 0 Å². The zero-order valence-corrected chi connectivity index (χ0v) is 22.4. The molecule has 196 valence electrons. The van der Waals surface area contributed by atoms with E-state index in [1.807, 2.05) is 13.0 Å². The molecule has 4 rings (SSSR count). The number of phenols is 1. The summed E-state index contributed by atoms with van der Waals surface area (Å²) in [6.07, 6.45) is 9.33. The predicted molar refractivity (Wildman–Crippen MR) is 144 cm³/mol. The van der Waals surface area contributed by atoms with Crippen LogP contribution in [0, 0.1) is 0 Å². The Hall–Kier alpha value is -3.50. The molecule has 0 spiro atoms. The Kier molecular flexibility index (Phi) is 7.52. The number of aliphatic hydroxyl groups is 1. The Labute approximate surface area is 217 Å². The smallest absolute Gasteiger partial charge is 0.243 e. The second-order valence-corrected chi connectivity index (χ2v) is 11.2. The van der Waals surface area contributed by atoms with Crippen molar-refractivity contribution in [2.45, 2.75) is 57.4 Å². The SMILES string of the molecule is CCCC1(n2cc(N=Nc3c(O)cc(S(=O)(=O)N(CC)CC)c4ccccc34)cn2)C=C(O)C=C(C)C1. The molecule has 37 heavy (non-hydrogen) atoms. The molecule has 10 heteroatoms. The van der Waals surface area contributed by atoms with Crippen LogP contribution in [-0.2, 0) is 15.6 Å². The third kappa shape index (κ3) is 5.03. The van der Waals surface area contributed by atoms with E-state index in [4.69, 9.17) is 0 Å². The van der Waals surface area contributed by atoms with Crippen LogP contribution in [0.4, 0.5) is 11.4 Å². The molecule has 2 aromatic carbocycles. The minimum absolute atomic E-state index is 0.0323. The summed E-state index contributed by atoms with van der Waals surface area (Å²) in [6, 6.07) is 8.18. The predicted octanol–water partition coefficient (Wildman–Crippen LogP) is 6.48. The summed E-state index contributed by atoms with van der Waals surface area (Å²) in [6.45, 7) is 8.26. The van der Waals surface area contributed by atoms with Crippen molar-refractivity contribution in [3.8, 4) is 5.75 Å². The van der Waals surface area contributed by atoms with Gasteiger partial charge in [-0.2, -0.15) is 9.40 Å². The Morgan fingerprint density at radius 3 is 2.46 bits per heavy atom. The van der Waals surface area contributed by atoms with E-state index >= 15 is 0 Å². The van der Waals surface area contributed by atoms with Gasteiger partial charge in [-0.05, 0) is 31.9 Å². The fraction of sp³-hybridized carbons (Fsp3) is 0.370. The normalized spacial score (nSPS) is 18.5. The largest absolute Gasteiger partial charge is 0.508 e. The number of azo groups is 1. The van der Waals surface area contributed by atoms with Crippen molar-refractivity contribution in [3.05, 3.63) is 66.2 Å². The molecule has 1 aliphatic carbocycles. The van der Waals surface area contributed by atoms with Crippen molar-refractivity contribution < 1.29 is 18.6 Å². The first-order valence-electron chi connectivity index (χ1n) is 12.5. The van der Waals surface area contributed by atoms with Gasteiger partial charge in [0.25, 0.3) is 0 Å². The van der Waals surface area contributed by atoms with Gasteiger partial charge in [0.2, 0.25) is 10.0 Å². The maximum absolute atomic E-state index is 13.3. The monoisotopic (exact) mass is 523 g/mol. The molecule has 1 atom stereocenters. The van der Waals surface area contributed by atoms with E-state index in [9.17, 15) is 18.6 Å². The van der Waals surface area contributed by atoms with Gasteiger partial charge in [0.05, 0.1) is 22.8 Å². The Morgan fingerprint density at radius 1 is 1.11 bits per heavy atom. The van der Waals surface area contributed by atoms with Gasteiger partial charge in [0.15, 0.2) is 0 Å². The zero-order valence-electron chi connectivity index (χ0n) is 21.6. The lowest BCUT2D eigenvalue weighted by atomic mass is 9.83. The lowest BCUT2D eigenvalue weighted by molar-refractivity contribution is 0.282. The molecular formula is C27H33N5O4S. The lowest BCUT2D eigenvalue weighted by Crippen LogP contribution is -2.34. The molecule has 1 unspecified atom stereocenters. The molecule has 1 heterocycles. The minimum Gasteiger partial charge on any atom is -0.508 e. The fourth-order valence-corrected chi connectivity index (χ4v) is 6.73. The number of hydrogen-bond donors (Lipinski definition) is 2. The molecule has 0 saturated carbocycles. The molecule has 0 fully saturated rings. The molecule has 0 aliphatic heterocycles. The summed E-state index contributed by atoms with van der Waals surface area (Å²) in [5, 5.41) is 35.2. The first-order chi connectivity index (χ1) is 17.6. The fourth-order valence-electron chi connectivity index (χ4n) is 5.06. The highest BCUT2D eigenvalue weighted by Gasteiger charge is 2.33. The average molecular weight is 524 g/mol. The van der Waals surface area contributed by atoms with Crippen LogP contribution in [0.15, 0.2) is 81.3 Å². The third-order valence-electron chi connectivity index (χ3n) is 6.65. The summed E-state index contributed by atoms with van der Waals surface area (Å²) >= 11 is 0. The Balaban J connectivity index is 1.75. The molecule has 0 bridgehead atoms. The molecule has 1 aliphatic rings. The maximum Gasteiger partial charge on any atom is 0.243 e. The van der Waals surface area contributed by atoms with Crippen molar-refractivity contribution in [1.29, 1.82) is 0 Å². The molecule has 3 aromatic rings. The van der Waals surface area contributed by atoms with Crippen LogP contribution in [0.1, 0.15) is 47.0 Å². The number of fused-ring (bicyclic) bond motifs is 1. The van der Waals surface area contributed by atoms with Gasteiger partial charge < -0.3 is 10.2 Å². The number of aromatic hydroxyl groups is 1. The molecule has 0 radical (unpaired) electrons. The summed E-state index contributed by atoms with van der Waals surface area (Å²) in [4.78, 5) is 0.0323. The summed E-state index contributed by atoms with van der Waals surface area (Å²) in [7, 11) is -3.81. The average Bonchev–Trinajstić information content (AvgIpc) is 3.33. The van der Waals surface area contributed by atoms with Gasteiger partial charge in [-0.15, -0.1) is 10.2 Å². The van der Waals surface area contributed by atoms with Crippen LogP contribution in [0.2, 0.25) is 0 Å².